The molecule has 0 saturated carbocycles. The molecule has 6 nitrogen and oxygen atoms in total. The second kappa shape index (κ2) is 9.28. The molecule has 0 heterocycles. The van der Waals surface area contributed by atoms with Crippen LogP contribution in [0.25, 0.3) is 0 Å². The van der Waals surface area contributed by atoms with Crippen LogP contribution >= 0.6 is 12.4 Å². The van der Waals surface area contributed by atoms with E-state index in [1.807, 2.05) is 0 Å². The molecule has 0 bridgehead atoms. The first-order chi connectivity index (χ1) is 9.19. The fourth-order valence-electron chi connectivity index (χ4n) is 1.68. The van der Waals surface area contributed by atoms with Gasteiger partial charge in [-0.2, -0.15) is 0 Å². The maximum absolute atomic E-state index is 12.0. The quantitative estimate of drug-likeness (QED) is 0.740. The van der Waals surface area contributed by atoms with Crippen molar-refractivity contribution < 1.29 is 19.0 Å². The average molecular weight is 305 g/mol. The number of nitrogens with two attached hydrogens (primary N) is 1. The number of halogens is 1. The molecule has 0 radical (unpaired) electrons. The van der Waals surface area contributed by atoms with E-state index >= 15 is 0 Å². The van der Waals surface area contributed by atoms with Gasteiger partial charge >= 0.3 is 0 Å². The van der Waals surface area contributed by atoms with Gasteiger partial charge in [0.05, 0.1) is 26.9 Å². The van der Waals surface area contributed by atoms with Crippen molar-refractivity contribution in [2.75, 3.05) is 34.4 Å². The van der Waals surface area contributed by atoms with Crippen LogP contribution in [0.1, 0.15) is 16.8 Å². The number of rotatable bonds is 7. The number of hydrogen-bond donors (Lipinski definition) is 2. The van der Waals surface area contributed by atoms with Gasteiger partial charge in [-0.15, -0.1) is 12.4 Å². The topological polar surface area (TPSA) is 82.8 Å². The lowest BCUT2D eigenvalue weighted by atomic mass is 10.1. The number of amides is 1. The Labute approximate surface area is 125 Å². The Kier molecular flexibility index (Phi) is 8.51. The summed E-state index contributed by atoms with van der Waals surface area (Å²) >= 11 is 0. The van der Waals surface area contributed by atoms with E-state index in [2.05, 4.69) is 5.32 Å². The van der Waals surface area contributed by atoms with E-state index in [4.69, 9.17) is 19.9 Å². The number of nitrogens with one attached hydrogen (secondary N) is 1. The van der Waals surface area contributed by atoms with Gasteiger partial charge in [-0.3, -0.25) is 4.79 Å². The van der Waals surface area contributed by atoms with E-state index in [1.54, 1.807) is 12.1 Å². The summed E-state index contributed by atoms with van der Waals surface area (Å²) in [7, 11) is 4.50. The zero-order valence-corrected chi connectivity index (χ0v) is 12.7. The van der Waals surface area contributed by atoms with Crippen LogP contribution in [0.4, 0.5) is 0 Å². The Morgan fingerprint density at radius 1 is 1.15 bits per heavy atom. The molecule has 114 valence electrons. The normalized spacial score (nSPS) is 9.40. The van der Waals surface area contributed by atoms with Crippen molar-refractivity contribution in [3.63, 3.8) is 0 Å². The predicted molar refractivity (Wildman–Crippen MR) is 79.4 cm³/mol. The van der Waals surface area contributed by atoms with E-state index < -0.39 is 0 Å². The second-order valence-electron chi connectivity index (χ2n) is 3.78. The summed E-state index contributed by atoms with van der Waals surface area (Å²) in [6.45, 7) is 1.05. The molecule has 0 fully saturated rings. The van der Waals surface area contributed by atoms with Crippen molar-refractivity contribution in [1.29, 1.82) is 0 Å². The molecule has 0 aliphatic rings. The van der Waals surface area contributed by atoms with Crippen LogP contribution in [-0.4, -0.2) is 40.3 Å². The highest BCUT2D eigenvalue weighted by molar-refractivity contribution is 5.98. The molecule has 1 aromatic rings. The van der Waals surface area contributed by atoms with Crippen LogP contribution in [-0.2, 0) is 0 Å². The maximum atomic E-state index is 12.0. The fourth-order valence-corrected chi connectivity index (χ4v) is 1.68. The second-order valence-corrected chi connectivity index (χ2v) is 3.78. The molecule has 1 amide bonds. The summed E-state index contributed by atoms with van der Waals surface area (Å²) in [6.07, 6.45) is 0.724. The minimum absolute atomic E-state index is 0. The highest BCUT2D eigenvalue weighted by Crippen LogP contribution is 2.39. The first kappa shape index (κ1) is 18.3. The molecule has 1 rings (SSSR count). The number of benzene rings is 1. The molecular formula is C13H21ClN2O4. The maximum Gasteiger partial charge on any atom is 0.255 e. The number of carbonyl (C=O) groups is 1. The zero-order chi connectivity index (χ0) is 14.3. The molecule has 0 saturated heterocycles. The van der Waals surface area contributed by atoms with Crippen LogP contribution in [0.3, 0.4) is 0 Å². The SMILES string of the molecule is COc1ccc(C(=O)NCCCN)c(OC)c1OC.Cl. The molecule has 0 unspecified atom stereocenters. The van der Waals surface area contributed by atoms with Gasteiger partial charge in [0.15, 0.2) is 11.5 Å². The van der Waals surface area contributed by atoms with E-state index in [0.29, 0.717) is 35.9 Å². The predicted octanol–water partition coefficient (Wildman–Crippen LogP) is 1.21. The number of hydrogen-bond acceptors (Lipinski definition) is 5. The summed E-state index contributed by atoms with van der Waals surface area (Å²) < 4.78 is 15.6. The summed E-state index contributed by atoms with van der Waals surface area (Å²) in [6, 6.07) is 3.30. The zero-order valence-electron chi connectivity index (χ0n) is 11.9. The van der Waals surface area contributed by atoms with Crippen molar-refractivity contribution in [1.82, 2.24) is 5.32 Å². The highest BCUT2D eigenvalue weighted by atomic mass is 35.5. The van der Waals surface area contributed by atoms with Crippen LogP contribution < -0.4 is 25.3 Å². The summed E-state index contributed by atoms with van der Waals surface area (Å²) in [5.74, 6) is 1.03. The van der Waals surface area contributed by atoms with Crippen molar-refractivity contribution >= 4 is 18.3 Å². The fraction of sp³-hybridized carbons (Fsp3) is 0.462. The third-order valence-electron chi connectivity index (χ3n) is 2.62. The third-order valence-corrected chi connectivity index (χ3v) is 2.62. The minimum atomic E-state index is -0.230. The standard InChI is InChI=1S/C13H20N2O4.ClH/c1-17-10-6-5-9(11(18-2)12(10)19-3)13(16)15-8-4-7-14;/h5-6H,4,7-8,14H2,1-3H3,(H,15,16);1H. The van der Waals surface area contributed by atoms with Gasteiger partial charge in [-0.05, 0) is 25.1 Å². The highest BCUT2D eigenvalue weighted by Gasteiger charge is 2.20. The van der Waals surface area contributed by atoms with Gasteiger partial charge in [-0.25, -0.2) is 0 Å². The molecule has 0 aliphatic heterocycles. The lowest BCUT2D eigenvalue weighted by Crippen LogP contribution is -2.26. The molecule has 7 heteroatoms. The van der Waals surface area contributed by atoms with Crippen LogP contribution in [0, 0.1) is 0 Å². The lowest BCUT2D eigenvalue weighted by molar-refractivity contribution is 0.0949. The minimum Gasteiger partial charge on any atom is -0.493 e. The van der Waals surface area contributed by atoms with Gasteiger partial charge < -0.3 is 25.3 Å². The van der Waals surface area contributed by atoms with Gasteiger partial charge in [-0.1, -0.05) is 0 Å². The van der Waals surface area contributed by atoms with Gasteiger partial charge in [0.25, 0.3) is 5.91 Å². The molecule has 3 N–H and O–H groups in total. The van der Waals surface area contributed by atoms with Crippen molar-refractivity contribution in [2.45, 2.75) is 6.42 Å². The summed E-state index contributed by atoms with van der Waals surface area (Å²) in [4.78, 5) is 12.0. The largest absolute Gasteiger partial charge is 0.493 e. The van der Waals surface area contributed by atoms with Crippen LogP contribution in [0.15, 0.2) is 12.1 Å². The molecule has 0 aromatic heterocycles. The molecule has 0 spiro atoms. The van der Waals surface area contributed by atoms with E-state index in [1.165, 1.54) is 21.3 Å². The summed E-state index contributed by atoms with van der Waals surface area (Å²) in [5, 5.41) is 2.77. The average Bonchev–Trinajstić information content (AvgIpc) is 2.45. The van der Waals surface area contributed by atoms with Crippen molar-refractivity contribution in [3.8, 4) is 17.2 Å². The van der Waals surface area contributed by atoms with Gasteiger partial charge in [0.1, 0.15) is 0 Å². The smallest absolute Gasteiger partial charge is 0.255 e. The Morgan fingerprint density at radius 2 is 1.80 bits per heavy atom. The number of ether oxygens (including phenoxy) is 3. The van der Waals surface area contributed by atoms with Crippen LogP contribution in [0.2, 0.25) is 0 Å². The van der Waals surface area contributed by atoms with E-state index in [0.717, 1.165) is 6.42 Å². The molecule has 1 aromatic carbocycles. The Hall–Kier alpha value is -1.66. The van der Waals surface area contributed by atoms with Crippen molar-refractivity contribution in [2.24, 2.45) is 5.73 Å². The van der Waals surface area contributed by atoms with Gasteiger partial charge in [0.2, 0.25) is 5.75 Å². The van der Waals surface area contributed by atoms with E-state index in [9.17, 15) is 4.79 Å². The Bertz CT molecular complexity index is 441. The van der Waals surface area contributed by atoms with E-state index in [-0.39, 0.29) is 18.3 Å². The molecular weight excluding hydrogens is 284 g/mol. The Balaban J connectivity index is 0.00000361. The number of carbonyl (C=O) groups excluding carboxylic acids is 1. The monoisotopic (exact) mass is 304 g/mol. The first-order valence-corrected chi connectivity index (χ1v) is 5.96. The number of methoxy groups -OCH3 is 3. The first-order valence-electron chi connectivity index (χ1n) is 5.96. The third kappa shape index (κ3) is 4.18. The Morgan fingerprint density at radius 3 is 2.30 bits per heavy atom. The van der Waals surface area contributed by atoms with Crippen LogP contribution in [0.5, 0.6) is 17.2 Å². The lowest BCUT2D eigenvalue weighted by Gasteiger charge is -2.15. The van der Waals surface area contributed by atoms with Gasteiger partial charge in [0, 0.05) is 6.54 Å². The molecule has 0 aliphatic carbocycles. The molecule has 0 atom stereocenters. The molecule has 20 heavy (non-hydrogen) atoms. The van der Waals surface area contributed by atoms with Crippen molar-refractivity contribution in [3.05, 3.63) is 17.7 Å². The summed E-state index contributed by atoms with van der Waals surface area (Å²) in [5.41, 5.74) is 5.78.